The first-order valence-corrected chi connectivity index (χ1v) is 15.1. The third-order valence-electron chi connectivity index (χ3n) is 6.37. The highest BCUT2D eigenvalue weighted by Gasteiger charge is 2.24. The number of nitrogens with zero attached hydrogens (tertiary/aromatic N) is 4. The van der Waals surface area contributed by atoms with Gasteiger partial charge < -0.3 is 20.5 Å². The zero-order valence-electron chi connectivity index (χ0n) is 22.9. The molecule has 222 valence electrons. The highest BCUT2D eigenvalue weighted by Crippen LogP contribution is 2.34. The van der Waals surface area contributed by atoms with Crippen LogP contribution in [0.15, 0.2) is 76.4 Å². The maximum absolute atomic E-state index is 13.3. The number of carbonyl (C=O) groups excluding carboxylic acids is 1. The maximum atomic E-state index is 13.3. The molecule has 0 saturated carbocycles. The Morgan fingerprint density at radius 1 is 1.02 bits per heavy atom. The lowest BCUT2D eigenvalue weighted by atomic mass is 10.1. The van der Waals surface area contributed by atoms with Crippen LogP contribution in [0.4, 0.5) is 16.3 Å². The Labute approximate surface area is 256 Å². The van der Waals surface area contributed by atoms with Crippen molar-refractivity contribution in [1.82, 2.24) is 25.1 Å². The molecule has 0 bridgehead atoms. The van der Waals surface area contributed by atoms with E-state index in [9.17, 15) is 18.0 Å². The van der Waals surface area contributed by atoms with Gasteiger partial charge in [-0.3, -0.25) is 4.79 Å². The van der Waals surface area contributed by atoms with Gasteiger partial charge in [0.05, 0.1) is 14.9 Å². The summed E-state index contributed by atoms with van der Waals surface area (Å²) >= 11 is 12.9. The number of nitrogens with one attached hydrogen (secondary N) is 3. The van der Waals surface area contributed by atoms with Gasteiger partial charge in [0.25, 0.3) is 5.56 Å². The molecule has 0 aliphatic heterocycles. The van der Waals surface area contributed by atoms with Gasteiger partial charge in [0.1, 0.15) is 16.9 Å². The third-order valence-corrected chi connectivity index (χ3v) is 7.84. The number of primary sulfonamides is 1. The van der Waals surface area contributed by atoms with Crippen LogP contribution in [0.25, 0.3) is 16.7 Å². The minimum absolute atomic E-state index is 0.0563. The number of urea groups is 1. The number of hydrogen-bond acceptors (Lipinski definition) is 7. The molecule has 12 nitrogen and oxygen atoms in total. The summed E-state index contributed by atoms with van der Waals surface area (Å²) in [5, 5.41) is 15.5. The summed E-state index contributed by atoms with van der Waals surface area (Å²) < 4.78 is 25.1. The van der Waals surface area contributed by atoms with Crippen LogP contribution in [0.5, 0.6) is 0 Å². The van der Waals surface area contributed by atoms with Crippen LogP contribution in [0.2, 0.25) is 10.0 Å². The summed E-state index contributed by atoms with van der Waals surface area (Å²) in [6.07, 6.45) is 0.209. The van der Waals surface area contributed by atoms with E-state index in [2.05, 4.69) is 25.7 Å². The van der Waals surface area contributed by atoms with E-state index < -0.39 is 15.6 Å². The van der Waals surface area contributed by atoms with Crippen LogP contribution < -0.4 is 26.2 Å². The molecule has 2 amide bonds. The lowest BCUT2D eigenvalue weighted by Gasteiger charge is -2.11. The average Bonchev–Trinajstić information content (AvgIpc) is 3.32. The van der Waals surface area contributed by atoms with Crippen molar-refractivity contribution in [3.05, 3.63) is 104 Å². The summed E-state index contributed by atoms with van der Waals surface area (Å²) in [5.41, 5.74) is 2.12. The lowest BCUT2D eigenvalue weighted by molar-refractivity contribution is 0.251. The van der Waals surface area contributed by atoms with E-state index in [0.717, 1.165) is 23.3 Å². The number of nitrogens with two attached hydrogens (primary N) is 1. The molecular weight excluding hydrogens is 615 g/mol. The van der Waals surface area contributed by atoms with Gasteiger partial charge in [0, 0.05) is 32.7 Å². The number of amides is 2. The number of anilines is 2. The number of aromatic nitrogens is 4. The number of fused-ring (bicyclic) bond motifs is 1. The standard InChI is InChI=1S/C28H26Cl2N8O4S/c1-37(2)26-23-25(38(36-26)24-20(29)13-19(14-21(24)30)43(31,41)42)34-22(35-27(23)39)12-17-9-6-10-18(11-17)33-28(40)32-15-16-7-4-3-5-8-16/h3-11,13-14H,12,15H2,1-2H3,(H2,31,41,42)(H2,32,33,40)(H,34,35,39). The number of hydrogen-bond donors (Lipinski definition) is 4. The van der Waals surface area contributed by atoms with Gasteiger partial charge in [-0.15, -0.1) is 5.10 Å². The minimum Gasteiger partial charge on any atom is -0.361 e. The Bertz CT molecular complexity index is 1990. The highest BCUT2D eigenvalue weighted by molar-refractivity contribution is 7.89. The predicted molar refractivity (Wildman–Crippen MR) is 167 cm³/mol. The molecule has 2 heterocycles. The maximum Gasteiger partial charge on any atom is 0.319 e. The largest absolute Gasteiger partial charge is 0.361 e. The van der Waals surface area contributed by atoms with Crippen molar-refractivity contribution in [2.45, 2.75) is 17.9 Å². The Hall–Kier alpha value is -4.43. The first kappa shape index (κ1) is 30.0. The molecule has 5 aromatic rings. The number of rotatable bonds is 8. The van der Waals surface area contributed by atoms with Gasteiger partial charge >= 0.3 is 6.03 Å². The summed E-state index contributed by atoms with van der Waals surface area (Å²) in [6, 6.07) is 18.6. The van der Waals surface area contributed by atoms with Crippen LogP contribution in [-0.4, -0.2) is 48.3 Å². The molecule has 0 atom stereocenters. The molecule has 15 heteroatoms. The summed E-state index contributed by atoms with van der Waals surface area (Å²) in [6.45, 7) is 0.374. The van der Waals surface area contributed by atoms with Gasteiger partial charge in [0.2, 0.25) is 10.0 Å². The summed E-state index contributed by atoms with van der Waals surface area (Å²) in [7, 11) is -0.661. The van der Waals surface area contributed by atoms with Gasteiger partial charge in [-0.1, -0.05) is 65.7 Å². The Morgan fingerprint density at radius 3 is 2.35 bits per heavy atom. The Morgan fingerprint density at radius 2 is 1.70 bits per heavy atom. The Kier molecular flexibility index (Phi) is 8.42. The second-order valence-electron chi connectivity index (χ2n) is 9.79. The number of benzene rings is 3. The highest BCUT2D eigenvalue weighted by atomic mass is 35.5. The molecule has 0 radical (unpaired) electrons. The van der Waals surface area contributed by atoms with Crippen LogP contribution in [0.3, 0.4) is 0 Å². The second-order valence-corrected chi connectivity index (χ2v) is 12.2. The van der Waals surface area contributed by atoms with E-state index in [1.165, 1.54) is 4.68 Å². The Balaban J connectivity index is 1.47. The molecule has 0 unspecified atom stereocenters. The van der Waals surface area contributed by atoms with Crippen molar-refractivity contribution in [1.29, 1.82) is 0 Å². The quantitative estimate of drug-likeness (QED) is 0.198. The molecule has 3 aromatic carbocycles. The van der Waals surface area contributed by atoms with Crippen molar-refractivity contribution in [2.75, 3.05) is 24.3 Å². The molecule has 0 spiro atoms. The van der Waals surface area contributed by atoms with E-state index in [1.807, 2.05) is 36.4 Å². The fraction of sp³-hybridized carbons (Fsp3) is 0.143. The molecule has 0 saturated heterocycles. The zero-order chi connectivity index (χ0) is 30.9. The molecule has 5 N–H and O–H groups in total. The molecule has 0 aliphatic rings. The van der Waals surface area contributed by atoms with Crippen molar-refractivity contribution in [3.63, 3.8) is 0 Å². The monoisotopic (exact) mass is 640 g/mol. The number of halogens is 2. The number of sulfonamides is 1. The van der Waals surface area contributed by atoms with E-state index in [0.29, 0.717) is 23.9 Å². The van der Waals surface area contributed by atoms with Crippen LogP contribution in [0, 0.1) is 0 Å². The molecule has 0 aliphatic carbocycles. The van der Waals surface area contributed by atoms with E-state index >= 15 is 0 Å². The first-order chi connectivity index (χ1) is 20.4. The lowest BCUT2D eigenvalue weighted by Crippen LogP contribution is -2.28. The van der Waals surface area contributed by atoms with Gasteiger partial charge in [-0.2, -0.15) is 0 Å². The SMILES string of the molecule is CN(C)c1nn(-c2c(Cl)cc(S(N)(=O)=O)cc2Cl)c2nc(Cc3cccc(NC(=O)NCc4ccccc4)c3)[nH]c(=O)c12. The smallest absolute Gasteiger partial charge is 0.319 e. The predicted octanol–water partition coefficient (Wildman–Crippen LogP) is 4.04. The van der Waals surface area contributed by atoms with E-state index in [-0.39, 0.29) is 44.1 Å². The fourth-order valence-corrected chi connectivity index (χ4v) is 5.76. The van der Waals surface area contributed by atoms with Crippen molar-refractivity contribution >= 4 is 61.8 Å². The molecule has 43 heavy (non-hydrogen) atoms. The van der Waals surface area contributed by atoms with Gasteiger partial charge in [0.15, 0.2) is 11.5 Å². The first-order valence-electron chi connectivity index (χ1n) is 12.8. The molecule has 0 fully saturated rings. The van der Waals surface area contributed by atoms with E-state index in [4.69, 9.17) is 28.3 Å². The van der Waals surface area contributed by atoms with Gasteiger partial charge in [-0.05, 0) is 35.4 Å². The van der Waals surface area contributed by atoms with Crippen LogP contribution >= 0.6 is 23.2 Å². The molecule has 5 rings (SSSR count). The van der Waals surface area contributed by atoms with Gasteiger partial charge in [-0.25, -0.2) is 28.0 Å². The van der Waals surface area contributed by atoms with Crippen LogP contribution in [-0.2, 0) is 23.0 Å². The van der Waals surface area contributed by atoms with Crippen molar-refractivity contribution < 1.29 is 13.2 Å². The number of H-pyrrole nitrogens is 1. The summed E-state index contributed by atoms with van der Waals surface area (Å²) in [4.78, 5) is 34.6. The average molecular weight is 642 g/mol. The van der Waals surface area contributed by atoms with Crippen molar-refractivity contribution in [2.24, 2.45) is 5.14 Å². The molecular formula is C28H26Cl2N8O4S. The minimum atomic E-state index is -4.08. The number of carbonyl (C=O) groups is 1. The van der Waals surface area contributed by atoms with E-state index in [1.54, 1.807) is 37.2 Å². The topological polar surface area (TPSA) is 168 Å². The fourth-order valence-electron chi connectivity index (χ4n) is 4.42. The third kappa shape index (κ3) is 6.65. The van der Waals surface area contributed by atoms with Crippen molar-refractivity contribution in [3.8, 4) is 5.69 Å². The summed E-state index contributed by atoms with van der Waals surface area (Å²) in [5.74, 6) is 0.605. The normalized spacial score (nSPS) is 11.5. The molecule has 2 aromatic heterocycles. The second kappa shape index (κ2) is 12.1. The number of aromatic amines is 1. The van der Waals surface area contributed by atoms with Crippen LogP contribution in [0.1, 0.15) is 17.0 Å². The zero-order valence-corrected chi connectivity index (χ0v) is 25.3.